The summed E-state index contributed by atoms with van der Waals surface area (Å²) in [5, 5.41) is 11.9. The smallest absolute Gasteiger partial charge is 0.123 e. The summed E-state index contributed by atoms with van der Waals surface area (Å²) in [7, 11) is 3.60. The molecule has 0 aliphatic carbocycles. The van der Waals surface area contributed by atoms with Crippen molar-refractivity contribution in [3.63, 3.8) is 0 Å². The van der Waals surface area contributed by atoms with Gasteiger partial charge in [0.25, 0.3) is 0 Å². The zero-order valence-corrected chi connectivity index (χ0v) is 11.0. The minimum atomic E-state index is 0.170. The minimum Gasteiger partial charge on any atom is -0.496 e. The van der Waals surface area contributed by atoms with Gasteiger partial charge >= 0.3 is 0 Å². The van der Waals surface area contributed by atoms with Gasteiger partial charge in [0, 0.05) is 18.0 Å². The van der Waals surface area contributed by atoms with Crippen LogP contribution in [-0.4, -0.2) is 14.2 Å². The van der Waals surface area contributed by atoms with Crippen LogP contribution in [0.1, 0.15) is 35.6 Å². The predicted octanol–water partition coefficient (Wildman–Crippen LogP) is 2.88. The first-order valence-corrected chi connectivity index (χ1v) is 5.83. The van der Waals surface area contributed by atoms with Crippen LogP contribution in [0.3, 0.4) is 0 Å². The monoisotopic (exact) mass is 232 g/mol. The van der Waals surface area contributed by atoms with E-state index in [-0.39, 0.29) is 6.04 Å². The SMILES string of the molecule is CNC(CCC#N)c1cc(C)c(C)cc1OC. The van der Waals surface area contributed by atoms with E-state index in [1.807, 2.05) is 7.05 Å². The average Bonchev–Trinajstić information content (AvgIpc) is 2.34. The van der Waals surface area contributed by atoms with Crippen LogP contribution in [0.5, 0.6) is 5.75 Å². The van der Waals surface area contributed by atoms with Crippen LogP contribution in [0.2, 0.25) is 0 Å². The Morgan fingerprint density at radius 3 is 2.53 bits per heavy atom. The van der Waals surface area contributed by atoms with Crippen LogP contribution in [0.15, 0.2) is 12.1 Å². The highest BCUT2D eigenvalue weighted by Gasteiger charge is 2.15. The lowest BCUT2D eigenvalue weighted by molar-refractivity contribution is 0.398. The van der Waals surface area contributed by atoms with Crippen molar-refractivity contribution in [3.05, 3.63) is 28.8 Å². The highest BCUT2D eigenvalue weighted by Crippen LogP contribution is 2.30. The van der Waals surface area contributed by atoms with E-state index in [2.05, 4.69) is 37.4 Å². The molecule has 0 bridgehead atoms. The molecule has 1 N–H and O–H groups in total. The van der Waals surface area contributed by atoms with E-state index < -0.39 is 0 Å². The largest absolute Gasteiger partial charge is 0.496 e. The summed E-state index contributed by atoms with van der Waals surface area (Å²) in [4.78, 5) is 0. The molecule has 92 valence electrons. The number of aryl methyl sites for hydroxylation is 2. The van der Waals surface area contributed by atoms with Gasteiger partial charge in [-0.25, -0.2) is 0 Å². The van der Waals surface area contributed by atoms with Gasteiger partial charge in [-0.05, 0) is 44.5 Å². The molecule has 0 aliphatic heterocycles. The number of hydrogen-bond acceptors (Lipinski definition) is 3. The van der Waals surface area contributed by atoms with Gasteiger partial charge in [-0.2, -0.15) is 5.26 Å². The van der Waals surface area contributed by atoms with Crippen molar-refractivity contribution in [2.75, 3.05) is 14.2 Å². The Morgan fingerprint density at radius 1 is 1.35 bits per heavy atom. The van der Waals surface area contributed by atoms with E-state index in [1.54, 1.807) is 7.11 Å². The van der Waals surface area contributed by atoms with Gasteiger partial charge in [0.1, 0.15) is 5.75 Å². The molecular weight excluding hydrogens is 212 g/mol. The molecule has 1 aromatic rings. The van der Waals surface area contributed by atoms with Crippen LogP contribution in [0.25, 0.3) is 0 Å². The standard InChI is InChI=1S/C14H20N2O/c1-10-8-12(13(16-3)6-5-7-15)14(17-4)9-11(10)2/h8-9,13,16H,5-6H2,1-4H3. The number of nitriles is 1. The molecule has 1 aromatic carbocycles. The highest BCUT2D eigenvalue weighted by molar-refractivity contribution is 5.43. The second kappa shape index (κ2) is 6.27. The molecule has 1 unspecified atom stereocenters. The van der Waals surface area contributed by atoms with Crippen molar-refractivity contribution >= 4 is 0 Å². The van der Waals surface area contributed by atoms with E-state index in [9.17, 15) is 0 Å². The molecule has 1 atom stereocenters. The van der Waals surface area contributed by atoms with E-state index in [0.717, 1.165) is 17.7 Å². The Balaban J connectivity index is 3.09. The molecule has 0 heterocycles. The summed E-state index contributed by atoms with van der Waals surface area (Å²) in [5.74, 6) is 0.894. The van der Waals surface area contributed by atoms with Crippen LogP contribution in [-0.2, 0) is 0 Å². The van der Waals surface area contributed by atoms with Gasteiger partial charge in [0.15, 0.2) is 0 Å². The summed E-state index contributed by atoms with van der Waals surface area (Å²) < 4.78 is 5.42. The molecule has 3 heteroatoms. The van der Waals surface area contributed by atoms with Gasteiger partial charge in [0.05, 0.1) is 13.2 Å². The average molecular weight is 232 g/mol. The molecule has 3 nitrogen and oxygen atoms in total. The number of rotatable bonds is 5. The molecule has 0 amide bonds. The first-order chi connectivity index (χ1) is 8.13. The van der Waals surface area contributed by atoms with Crippen molar-refractivity contribution in [2.45, 2.75) is 32.7 Å². The quantitative estimate of drug-likeness (QED) is 0.849. The third-order valence-corrected chi connectivity index (χ3v) is 3.11. The fraction of sp³-hybridized carbons (Fsp3) is 0.500. The second-order valence-corrected chi connectivity index (χ2v) is 4.22. The van der Waals surface area contributed by atoms with E-state index in [1.165, 1.54) is 11.1 Å². The molecule has 0 spiro atoms. The maximum absolute atomic E-state index is 8.67. The van der Waals surface area contributed by atoms with Crippen molar-refractivity contribution in [3.8, 4) is 11.8 Å². The summed E-state index contributed by atoms with van der Waals surface area (Å²) in [6.07, 6.45) is 1.34. The summed E-state index contributed by atoms with van der Waals surface area (Å²) in [6, 6.07) is 6.56. The molecule has 0 saturated carbocycles. The number of hydrogen-bond donors (Lipinski definition) is 1. The normalized spacial score (nSPS) is 11.9. The number of methoxy groups -OCH3 is 1. The first-order valence-electron chi connectivity index (χ1n) is 5.83. The zero-order valence-electron chi connectivity index (χ0n) is 11.0. The predicted molar refractivity (Wildman–Crippen MR) is 69.1 cm³/mol. The molecular formula is C14H20N2O. The molecule has 17 heavy (non-hydrogen) atoms. The van der Waals surface area contributed by atoms with Crippen LogP contribution in [0, 0.1) is 25.2 Å². The molecule has 0 saturated heterocycles. The lowest BCUT2D eigenvalue weighted by atomic mass is 9.97. The van der Waals surface area contributed by atoms with Gasteiger partial charge in [-0.3, -0.25) is 0 Å². The molecule has 1 rings (SSSR count). The van der Waals surface area contributed by atoms with Crippen LogP contribution >= 0.6 is 0 Å². The van der Waals surface area contributed by atoms with Gasteiger partial charge in [-0.15, -0.1) is 0 Å². The summed E-state index contributed by atoms with van der Waals surface area (Å²) in [6.45, 7) is 4.17. The summed E-state index contributed by atoms with van der Waals surface area (Å²) in [5.41, 5.74) is 3.60. The Labute approximate surface area is 103 Å². The van der Waals surface area contributed by atoms with E-state index in [0.29, 0.717) is 6.42 Å². The maximum atomic E-state index is 8.67. The number of nitrogens with zero attached hydrogens (tertiary/aromatic N) is 1. The number of benzene rings is 1. The van der Waals surface area contributed by atoms with E-state index >= 15 is 0 Å². The maximum Gasteiger partial charge on any atom is 0.123 e. The molecule has 0 radical (unpaired) electrons. The number of nitrogens with one attached hydrogen (secondary N) is 1. The fourth-order valence-corrected chi connectivity index (χ4v) is 1.93. The van der Waals surface area contributed by atoms with Gasteiger partial charge < -0.3 is 10.1 Å². The molecule has 0 aromatic heterocycles. The van der Waals surface area contributed by atoms with Crippen molar-refractivity contribution in [1.29, 1.82) is 5.26 Å². The van der Waals surface area contributed by atoms with Gasteiger partial charge in [-0.1, -0.05) is 6.07 Å². The second-order valence-electron chi connectivity index (χ2n) is 4.22. The Bertz CT molecular complexity index is 421. The zero-order chi connectivity index (χ0) is 12.8. The minimum absolute atomic E-state index is 0.170. The molecule has 0 aliphatic rings. The van der Waals surface area contributed by atoms with Crippen molar-refractivity contribution in [2.24, 2.45) is 0 Å². The van der Waals surface area contributed by atoms with Crippen LogP contribution < -0.4 is 10.1 Å². The van der Waals surface area contributed by atoms with Crippen molar-refractivity contribution in [1.82, 2.24) is 5.32 Å². The number of ether oxygens (including phenoxy) is 1. The van der Waals surface area contributed by atoms with Gasteiger partial charge in [0.2, 0.25) is 0 Å². The van der Waals surface area contributed by atoms with E-state index in [4.69, 9.17) is 10.00 Å². The highest BCUT2D eigenvalue weighted by atomic mass is 16.5. The van der Waals surface area contributed by atoms with Crippen molar-refractivity contribution < 1.29 is 4.74 Å². The lowest BCUT2D eigenvalue weighted by Gasteiger charge is -2.20. The Kier molecular flexibility index (Phi) is 4.99. The Morgan fingerprint density at radius 2 is 2.00 bits per heavy atom. The molecule has 0 fully saturated rings. The fourth-order valence-electron chi connectivity index (χ4n) is 1.93. The third kappa shape index (κ3) is 3.21. The lowest BCUT2D eigenvalue weighted by Crippen LogP contribution is -2.17. The topological polar surface area (TPSA) is 45.0 Å². The Hall–Kier alpha value is -1.53. The summed E-state index contributed by atoms with van der Waals surface area (Å²) >= 11 is 0. The first kappa shape index (κ1) is 13.5. The van der Waals surface area contributed by atoms with Crippen LogP contribution in [0.4, 0.5) is 0 Å². The third-order valence-electron chi connectivity index (χ3n) is 3.11.